The Morgan fingerprint density at radius 1 is 1.09 bits per heavy atom. The summed E-state index contributed by atoms with van der Waals surface area (Å²) in [6.07, 6.45) is 7.28. The first-order chi connectivity index (χ1) is 15.7. The molecule has 4 aromatic rings. The molecule has 0 radical (unpaired) electrons. The monoisotopic (exact) mass is 427 g/mol. The Morgan fingerprint density at radius 3 is 2.81 bits per heavy atom. The number of rotatable bonds is 4. The predicted octanol–water partition coefficient (Wildman–Crippen LogP) is 4.55. The van der Waals surface area contributed by atoms with Crippen LogP contribution >= 0.6 is 0 Å². The Kier molecular flexibility index (Phi) is 4.61. The summed E-state index contributed by atoms with van der Waals surface area (Å²) < 4.78 is 17.9. The minimum atomic E-state index is -0.217. The second-order valence-electron chi connectivity index (χ2n) is 8.84. The van der Waals surface area contributed by atoms with Gasteiger partial charge in [-0.15, -0.1) is 0 Å². The van der Waals surface area contributed by atoms with E-state index in [-0.39, 0.29) is 5.82 Å². The zero-order valence-electron chi connectivity index (χ0n) is 18.1. The van der Waals surface area contributed by atoms with Crippen LogP contribution in [0, 0.1) is 11.7 Å². The van der Waals surface area contributed by atoms with E-state index in [1.807, 2.05) is 31.6 Å². The first-order valence-electron chi connectivity index (χ1n) is 11.2. The van der Waals surface area contributed by atoms with Gasteiger partial charge >= 0.3 is 0 Å². The van der Waals surface area contributed by atoms with Crippen molar-refractivity contribution in [3.8, 4) is 28.3 Å². The van der Waals surface area contributed by atoms with E-state index in [0.29, 0.717) is 5.92 Å². The van der Waals surface area contributed by atoms with Crippen molar-refractivity contribution in [1.29, 1.82) is 0 Å². The molecular formula is C26H26FN5. The lowest BCUT2D eigenvalue weighted by Gasteiger charge is -2.21. The van der Waals surface area contributed by atoms with Gasteiger partial charge in [0, 0.05) is 49.5 Å². The van der Waals surface area contributed by atoms with Gasteiger partial charge in [0.1, 0.15) is 5.82 Å². The third-order valence-electron chi connectivity index (χ3n) is 6.75. The minimum absolute atomic E-state index is 0.217. The average Bonchev–Trinajstić information content (AvgIpc) is 3.53. The molecule has 0 amide bonds. The van der Waals surface area contributed by atoms with Crippen molar-refractivity contribution in [2.24, 2.45) is 5.92 Å². The molecule has 2 aromatic heterocycles. The lowest BCUT2D eigenvalue weighted by atomic mass is 10.1. The van der Waals surface area contributed by atoms with Crippen LogP contribution in [-0.4, -0.2) is 40.8 Å². The first kappa shape index (κ1) is 19.3. The highest BCUT2D eigenvalue weighted by atomic mass is 19.1. The van der Waals surface area contributed by atoms with Gasteiger partial charge in [-0.3, -0.25) is 4.57 Å². The predicted molar refractivity (Wildman–Crippen MR) is 126 cm³/mol. The number of hydrogen-bond acceptors (Lipinski definition) is 3. The SMILES string of the molecule is CNC[C@@H]1CCN(c2ccc3c(c2)Cn2cc(-c4ccc(F)cc4)cc2-c2nccn2-3)C1. The smallest absolute Gasteiger partial charge is 0.161 e. The molecule has 1 fully saturated rings. The Bertz CT molecular complexity index is 1270. The topological polar surface area (TPSA) is 38.0 Å². The molecule has 0 spiro atoms. The van der Waals surface area contributed by atoms with Crippen LogP contribution in [0.3, 0.4) is 0 Å². The molecule has 2 aliphatic rings. The standard InChI is InChI=1S/C26H26FN5/c1-28-14-18-8-10-30(15-18)23-6-7-24-21(12-23)17-31-16-20(19-2-4-22(27)5-3-19)13-25(31)26-29-9-11-32(24)26/h2-7,9,11-13,16,18,28H,8,10,14-15,17H2,1H3/t18-/m0/s1. The van der Waals surface area contributed by atoms with Crippen LogP contribution in [0.4, 0.5) is 10.1 Å². The number of imidazole rings is 1. The zero-order chi connectivity index (χ0) is 21.7. The largest absolute Gasteiger partial charge is 0.371 e. The third kappa shape index (κ3) is 3.22. The van der Waals surface area contributed by atoms with E-state index >= 15 is 0 Å². The van der Waals surface area contributed by atoms with E-state index in [4.69, 9.17) is 0 Å². The summed E-state index contributed by atoms with van der Waals surface area (Å²) in [5.74, 6) is 1.42. The fourth-order valence-corrected chi connectivity index (χ4v) is 5.15. The van der Waals surface area contributed by atoms with Crippen molar-refractivity contribution in [3.05, 3.63) is 78.5 Å². The molecule has 2 aliphatic heterocycles. The van der Waals surface area contributed by atoms with Crippen molar-refractivity contribution in [2.75, 3.05) is 31.6 Å². The number of nitrogens with zero attached hydrogens (tertiary/aromatic N) is 4. The normalized spacial score (nSPS) is 17.1. The number of aromatic nitrogens is 3. The van der Waals surface area contributed by atoms with Gasteiger partial charge in [-0.1, -0.05) is 12.1 Å². The molecule has 6 heteroatoms. The number of benzene rings is 2. The molecule has 4 heterocycles. The molecule has 1 saturated heterocycles. The molecule has 1 atom stereocenters. The number of anilines is 1. The minimum Gasteiger partial charge on any atom is -0.371 e. The molecule has 2 aromatic carbocycles. The molecule has 0 aliphatic carbocycles. The van der Waals surface area contributed by atoms with Crippen LogP contribution in [0.5, 0.6) is 0 Å². The van der Waals surface area contributed by atoms with Gasteiger partial charge in [-0.2, -0.15) is 0 Å². The number of nitrogens with one attached hydrogen (secondary N) is 1. The third-order valence-corrected chi connectivity index (χ3v) is 6.75. The molecule has 6 rings (SSSR count). The Labute approximate surface area is 187 Å². The highest BCUT2D eigenvalue weighted by Crippen LogP contribution is 2.36. The van der Waals surface area contributed by atoms with Crippen LogP contribution in [0.2, 0.25) is 0 Å². The Hall–Kier alpha value is -3.38. The summed E-state index contributed by atoms with van der Waals surface area (Å²) >= 11 is 0. The second kappa shape index (κ2) is 7.64. The van der Waals surface area contributed by atoms with Crippen molar-refractivity contribution >= 4 is 5.69 Å². The van der Waals surface area contributed by atoms with Crippen molar-refractivity contribution in [2.45, 2.75) is 13.0 Å². The second-order valence-corrected chi connectivity index (χ2v) is 8.84. The molecule has 0 bridgehead atoms. The summed E-state index contributed by atoms with van der Waals surface area (Å²) in [7, 11) is 2.03. The summed E-state index contributed by atoms with van der Waals surface area (Å²) in [5.41, 5.74) is 6.90. The maximum Gasteiger partial charge on any atom is 0.161 e. The van der Waals surface area contributed by atoms with E-state index in [0.717, 1.165) is 48.8 Å². The summed E-state index contributed by atoms with van der Waals surface area (Å²) in [6, 6.07) is 15.7. The summed E-state index contributed by atoms with van der Waals surface area (Å²) in [5, 5.41) is 3.32. The van der Waals surface area contributed by atoms with Gasteiger partial charge in [-0.05, 0) is 73.5 Å². The number of hydrogen-bond donors (Lipinski definition) is 1. The van der Waals surface area contributed by atoms with Gasteiger partial charge in [0.2, 0.25) is 0 Å². The van der Waals surface area contributed by atoms with Crippen LogP contribution < -0.4 is 10.2 Å². The van der Waals surface area contributed by atoms with Crippen molar-refractivity contribution in [1.82, 2.24) is 19.4 Å². The molecular weight excluding hydrogens is 401 g/mol. The van der Waals surface area contributed by atoms with Gasteiger partial charge < -0.3 is 14.8 Å². The van der Waals surface area contributed by atoms with E-state index in [2.05, 4.69) is 54.8 Å². The molecule has 1 N–H and O–H groups in total. The van der Waals surface area contributed by atoms with Gasteiger partial charge in [0.25, 0.3) is 0 Å². The van der Waals surface area contributed by atoms with Gasteiger partial charge in [0.15, 0.2) is 5.82 Å². The number of fused-ring (bicyclic) bond motifs is 5. The van der Waals surface area contributed by atoms with Crippen LogP contribution in [0.15, 0.2) is 67.1 Å². The van der Waals surface area contributed by atoms with E-state index in [1.165, 1.54) is 35.5 Å². The molecule has 162 valence electrons. The van der Waals surface area contributed by atoms with Crippen molar-refractivity contribution in [3.63, 3.8) is 0 Å². The lowest BCUT2D eigenvalue weighted by molar-refractivity contribution is 0.549. The maximum absolute atomic E-state index is 13.4. The first-order valence-corrected chi connectivity index (χ1v) is 11.2. The van der Waals surface area contributed by atoms with Crippen molar-refractivity contribution < 1.29 is 4.39 Å². The Morgan fingerprint density at radius 2 is 1.97 bits per heavy atom. The molecule has 0 unspecified atom stereocenters. The van der Waals surface area contributed by atoms with Crippen LogP contribution in [-0.2, 0) is 6.54 Å². The summed E-state index contributed by atoms with van der Waals surface area (Å²) in [4.78, 5) is 7.18. The lowest BCUT2D eigenvalue weighted by Crippen LogP contribution is -2.24. The Balaban J connectivity index is 1.39. The van der Waals surface area contributed by atoms with E-state index in [9.17, 15) is 4.39 Å². The fourth-order valence-electron chi connectivity index (χ4n) is 5.15. The molecule has 0 saturated carbocycles. The van der Waals surface area contributed by atoms with Gasteiger partial charge in [0.05, 0.1) is 11.4 Å². The van der Waals surface area contributed by atoms with Crippen LogP contribution in [0.25, 0.3) is 28.3 Å². The fraction of sp³-hybridized carbons (Fsp3) is 0.269. The summed E-state index contributed by atoms with van der Waals surface area (Å²) in [6.45, 7) is 4.04. The molecule has 5 nitrogen and oxygen atoms in total. The highest BCUT2D eigenvalue weighted by molar-refractivity contribution is 5.72. The quantitative estimate of drug-likeness (QED) is 0.457. The average molecular weight is 428 g/mol. The van der Waals surface area contributed by atoms with Gasteiger partial charge in [-0.25, -0.2) is 9.37 Å². The van der Waals surface area contributed by atoms with E-state index in [1.54, 1.807) is 0 Å². The maximum atomic E-state index is 13.4. The van der Waals surface area contributed by atoms with Crippen LogP contribution in [0.1, 0.15) is 12.0 Å². The van der Waals surface area contributed by atoms with E-state index < -0.39 is 0 Å². The molecule has 32 heavy (non-hydrogen) atoms. The zero-order valence-corrected chi connectivity index (χ0v) is 18.1. The number of halogens is 1. The highest BCUT2D eigenvalue weighted by Gasteiger charge is 2.25.